The van der Waals surface area contributed by atoms with Gasteiger partial charge in [-0.15, -0.1) is 0 Å². The Morgan fingerprint density at radius 3 is 2.32 bits per heavy atom. The molecular weight excluding hydrogens is 404 g/mol. The van der Waals surface area contributed by atoms with Gasteiger partial charge in [0.25, 0.3) is 0 Å². The molecule has 0 bridgehead atoms. The molecule has 0 amide bonds. The van der Waals surface area contributed by atoms with Crippen LogP contribution in [0.2, 0.25) is 0 Å². The number of hydrogen-bond donors (Lipinski definition) is 1. The van der Waals surface area contributed by atoms with Crippen molar-refractivity contribution in [2.75, 3.05) is 20.3 Å². The second-order valence-corrected chi connectivity index (χ2v) is 6.56. The maximum Gasteiger partial charge on any atom is 0.338 e. The van der Waals surface area contributed by atoms with E-state index >= 15 is 0 Å². The first-order valence-corrected chi connectivity index (χ1v) is 9.17. The molecule has 1 heterocycles. The van der Waals surface area contributed by atoms with E-state index in [4.69, 9.17) is 19.9 Å². The van der Waals surface area contributed by atoms with E-state index in [1.807, 2.05) is 6.07 Å². The molecule has 9 nitrogen and oxygen atoms in total. The van der Waals surface area contributed by atoms with Crippen LogP contribution in [0.4, 0.5) is 0 Å². The summed E-state index contributed by atoms with van der Waals surface area (Å²) in [6.45, 7) is 6.12. The molecule has 9 heteroatoms. The fourth-order valence-corrected chi connectivity index (χ4v) is 2.88. The van der Waals surface area contributed by atoms with E-state index in [0.29, 0.717) is 11.1 Å². The molecule has 2 rings (SSSR count). The van der Waals surface area contributed by atoms with Crippen molar-refractivity contribution in [1.29, 1.82) is 5.26 Å². The van der Waals surface area contributed by atoms with Crippen LogP contribution in [0.3, 0.4) is 0 Å². The van der Waals surface area contributed by atoms with Crippen molar-refractivity contribution in [2.45, 2.75) is 19.8 Å². The summed E-state index contributed by atoms with van der Waals surface area (Å²) in [4.78, 5) is 35.9. The molecule has 31 heavy (non-hydrogen) atoms. The molecule has 0 spiro atoms. The van der Waals surface area contributed by atoms with Gasteiger partial charge in [-0.2, -0.15) is 5.26 Å². The smallest absolute Gasteiger partial charge is 0.338 e. The molecule has 1 aliphatic rings. The minimum atomic E-state index is -0.865. The predicted octanol–water partition coefficient (Wildman–Crippen LogP) is 2.22. The SMILES string of the molecule is C=C(C)C(=O)OCCOC(=O)C1=C(C)OC(N)=C(C#N)C1c1ccc(C(=O)OC)cc1. The van der Waals surface area contributed by atoms with Gasteiger partial charge in [0, 0.05) is 5.57 Å². The molecule has 0 aromatic heterocycles. The Balaban J connectivity index is 2.29. The van der Waals surface area contributed by atoms with E-state index in [-0.39, 0.29) is 41.6 Å². The van der Waals surface area contributed by atoms with Gasteiger partial charge in [-0.1, -0.05) is 18.7 Å². The number of ether oxygens (including phenoxy) is 4. The maximum absolute atomic E-state index is 12.8. The fourth-order valence-electron chi connectivity index (χ4n) is 2.88. The summed E-state index contributed by atoms with van der Waals surface area (Å²) in [6.07, 6.45) is 0. The summed E-state index contributed by atoms with van der Waals surface area (Å²) in [5, 5.41) is 9.60. The van der Waals surface area contributed by atoms with Crippen LogP contribution in [0.1, 0.15) is 35.7 Å². The van der Waals surface area contributed by atoms with E-state index in [2.05, 4.69) is 11.3 Å². The number of carbonyl (C=O) groups is 3. The number of hydrogen-bond acceptors (Lipinski definition) is 9. The Bertz CT molecular complexity index is 1010. The summed E-state index contributed by atoms with van der Waals surface area (Å²) >= 11 is 0. The van der Waals surface area contributed by atoms with Crippen LogP contribution in [0.15, 0.2) is 59.2 Å². The van der Waals surface area contributed by atoms with Crippen molar-refractivity contribution in [3.63, 3.8) is 0 Å². The van der Waals surface area contributed by atoms with Gasteiger partial charge in [0.2, 0.25) is 5.88 Å². The van der Waals surface area contributed by atoms with Gasteiger partial charge in [0.15, 0.2) is 0 Å². The van der Waals surface area contributed by atoms with E-state index in [9.17, 15) is 19.6 Å². The largest absolute Gasteiger partial charge is 0.465 e. The van der Waals surface area contributed by atoms with Crippen LogP contribution in [0.25, 0.3) is 0 Å². The number of benzene rings is 1. The Labute approximate surface area is 179 Å². The monoisotopic (exact) mass is 426 g/mol. The van der Waals surface area contributed by atoms with Crippen molar-refractivity contribution < 1.29 is 33.3 Å². The predicted molar refractivity (Wildman–Crippen MR) is 108 cm³/mol. The first kappa shape index (κ1) is 23.2. The molecule has 1 aromatic rings. The first-order chi connectivity index (χ1) is 14.7. The highest BCUT2D eigenvalue weighted by molar-refractivity contribution is 5.93. The fraction of sp³-hybridized carbons (Fsp3) is 0.273. The maximum atomic E-state index is 12.8. The quantitative estimate of drug-likeness (QED) is 0.301. The number of nitrogens with two attached hydrogens (primary N) is 1. The molecule has 1 unspecified atom stereocenters. The highest BCUT2D eigenvalue weighted by atomic mass is 16.6. The highest BCUT2D eigenvalue weighted by Crippen LogP contribution is 2.39. The second kappa shape index (κ2) is 10.1. The number of allylic oxidation sites excluding steroid dienone is 2. The van der Waals surface area contributed by atoms with Crippen molar-refractivity contribution >= 4 is 17.9 Å². The van der Waals surface area contributed by atoms with Crippen LogP contribution in [-0.2, 0) is 28.5 Å². The average molecular weight is 426 g/mol. The number of methoxy groups -OCH3 is 1. The van der Waals surface area contributed by atoms with Gasteiger partial charge in [-0.05, 0) is 31.5 Å². The number of carbonyl (C=O) groups excluding carboxylic acids is 3. The lowest BCUT2D eigenvalue weighted by Crippen LogP contribution is -2.26. The average Bonchev–Trinajstić information content (AvgIpc) is 2.75. The Hall–Kier alpha value is -4.06. The third-order valence-corrected chi connectivity index (χ3v) is 4.39. The third kappa shape index (κ3) is 5.30. The van der Waals surface area contributed by atoms with Crippen LogP contribution >= 0.6 is 0 Å². The van der Waals surface area contributed by atoms with Crippen molar-refractivity contribution in [1.82, 2.24) is 0 Å². The summed E-state index contributed by atoms with van der Waals surface area (Å²) < 4.78 is 20.2. The van der Waals surface area contributed by atoms with E-state index in [0.717, 1.165) is 0 Å². The van der Waals surface area contributed by atoms with Crippen LogP contribution in [0.5, 0.6) is 0 Å². The van der Waals surface area contributed by atoms with Crippen molar-refractivity contribution in [2.24, 2.45) is 5.73 Å². The number of rotatable bonds is 7. The Morgan fingerprint density at radius 1 is 1.16 bits per heavy atom. The molecule has 1 aliphatic heterocycles. The van der Waals surface area contributed by atoms with E-state index in [1.165, 1.54) is 33.1 Å². The normalized spacial score (nSPS) is 15.5. The molecular formula is C22H22N2O7. The summed E-state index contributed by atoms with van der Waals surface area (Å²) in [7, 11) is 1.26. The number of nitriles is 1. The van der Waals surface area contributed by atoms with Gasteiger partial charge < -0.3 is 24.7 Å². The standard InChI is InChI=1S/C22H22N2O7/c1-12(2)20(25)29-9-10-30-22(27)17-13(3)31-19(24)16(11-23)18(17)14-5-7-15(8-6-14)21(26)28-4/h5-8,18H,1,9-10,24H2,2-4H3. The lowest BCUT2D eigenvalue weighted by Gasteiger charge is -2.27. The molecule has 0 saturated carbocycles. The summed E-state index contributed by atoms with van der Waals surface area (Å²) in [5.41, 5.74) is 7.01. The second-order valence-electron chi connectivity index (χ2n) is 6.56. The molecule has 1 aromatic carbocycles. The zero-order valence-corrected chi connectivity index (χ0v) is 17.4. The molecule has 0 saturated heterocycles. The highest BCUT2D eigenvalue weighted by Gasteiger charge is 2.36. The van der Waals surface area contributed by atoms with E-state index in [1.54, 1.807) is 12.1 Å². The van der Waals surface area contributed by atoms with Crippen molar-refractivity contribution in [3.05, 3.63) is 70.3 Å². The first-order valence-electron chi connectivity index (χ1n) is 9.17. The Kier molecular flexibility index (Phi) is 7.58. The Morgan fingerprint density at radius 2 is 1.77 bits per heavy atom. The van der Waals surface area contributed by atoms with Crippen LogP contribution in [-0.4, -0.2) is 38.2 Å². The molecule has 2 N–H and O–H groups in total. The van der Waals surface area contributed by atoms with Gasteiger partial charge in [0.1, 0.15) is 30.6 Å². The van der Waals surface area contributed by atoms with Gasteiger partial charge >= 0.3 is 17.9 Å². The van der Waals surface area contributed by atoms with Gasteiger partial charge in [-0.25, -0.2) is 14.4 Å². The lowest BCUT2D eigenvalue weighted by atomic mass is 9.83. The zero-order valence-electron chi connectivity index (χ0n) is 17.4. The topological polar surface area (TPSA) is 138 Å². The number of esters is 3. The van der Waals surface area contributed by atoms with E-state index < -0.39 is 23.8 Å². The third-order valence-electron chi connectivity index (χ3n) is 4.39. The van der Waals surface area contributed by atoms with Crippen LogP contribution in [0, 0.1) is 11.3 Å². The minimum absolute atomic E-state index is 0.0251. The molecule has 0 fully saturated rings. The lowest BCUT2D eigenvalue weighted by molar-refractivity contribution is -0.147. The summed E-state index contributed by atoms with van der Waals surface area (Å²) in [5.74, 6) is -2.71. The summed E-state index contributed by atoms with van der Waals surface area (Å²) in [6, 6.07) is 8.16. The van der Waals surface area contributed by atoms with Crippen molar-refractivity contribution in [3.8, 4) is 6.07 Å². The van der Waals surface area contributed by atoms with Gasteiger partial charge in [0.05, 0.1) is 24.2 Å². The van der Waals surface area contributed by atoms with Gasteiger partial charge in [-0.3, -0.25) is 0 Å². The molecule has 0 aliphatic carbocycles. The molecule has 0 radical (unpaired) electrons. The molecule has 1 atom stereocenters. The zero-order chi connectivity index (χ0) is 23.1. The molecule has 162 valence electrons. The minimum Gasteiger partial charge on any atom is -0.465 e. The van der Waals surface area contributed by atoms with Crippen LogP contribution < -0.4 is 5.73 Å². The number of nitrogens with zero attached hydrogens (tertiary/aromatic N) is 1.